The number of H-pyrrole nitrogens is 1. The molecule has 0 saturated heterocycles. The normalized spacial score (nSPS) is 11.4. The van der Waals surface area contributed by atoms with Crippen molar-refractivity contribution in [2.45, 2.75) is 13.8 Å². The predicted octanol–water partition coefficient (Wildman–Crippen LogP) is 4.91. The first kappa shape index (κ1) is 17.3. The number of hydrogen-bond acceptors (Lipinski definition) is 3. The fourth-order valence-electron chi connectivity index (χ4n) is 3.46. The Morgan fingerprint density at radius 3 is 2.57 bits per heavy atom. The summed E-state index contributed by atoms with van der Waals surface area (Å²) >= 11 is 0. The van der Waals surface area contributed by atoms with Gasteiger partial charge in [0.1, 0.15) is 18.0 Å². The van der Waals surface area contributed by atoms with E-state index >= 15 is 0 Å². The summed E-state index contributed by atoms with van der Waals surface area (Å²) < 4.78 is 2.04. The molecule has 0 spiro atoms. The van der Waals surface area contributed by atoms with Crippen LogP contribution in [0.2, 0.25) is 0 Å². The lowest BCUT2D eigenvalue weighted by molar-refractivity contribution is 0.960. The molecule has 0 bridgehead atoms. The maximum Gasteiger partial charge on any atom is 0.149 e. The van der Waals surface area contributed by atoms with Gasteiger partial charge in [0.15, 0.2) is 0 Å². The average molecular weight is 363 g/mol. The zero-order valence-electron chi connectivity index (χ0n) is 15.6. The van der Waals surface area contributed by atoms with Gasteiger partial charge in [-0.1, -0.05) is 24.3 Å². The number of aryl methyl sites for hydroxylation is 1. The van der Waals surface area contributed by atoms with Crippen molar-refractivity contribution in [3.05, 3.63) is 82.9 Å². The van der Waals surface area contributed by atoms with Crippen molar-refractivity contribution < 1.29 is 0 Å². The zero-order chi connectivity index (χ0) is 19.7. The largest absolute Gasteiger partial charge is 0.337 e. The summed E-state index contributed by atoms with van der Waals surface area (Å²) in [6, 6.07) is 21.7. The summed E-state index contributed by atoms with van der Waals surface area (Å²) in [7, 11) is 0. The number of nitrogens with one attached hydrogen (secondary N) is 1. The second kappa shape index (κ2) is 6.90. The monoisotopic (exact) mass is 363 g/mol. The van der Waals surface area contributed by atoms with Crippen LogP contribution in [0, 0.1) is 36.5 Å². The highest BCUT2D eigenvalue weighted by Crippen LogP contribution is 2.26. The molecular weight excluding hydrogens is 346 g/mol. The van der Waals surface area contributed by atoms with E-state index in [4.69, 9.17) is 0 Å². The van der Waals surface area contributed by atoms with Crippen LogP contribution in [0.5, 0.6) is 0 Å². The molecule has 5 nitrogen and oxygen atoms in total. The average Bonchev–Trinajstić information content (AvgIpc) is 3.26. The number of imidazole rings is 1. The Balaban J connectivity index is 1.83. The molecule has 4 aromatic rings. The van der Waals surface area contributed by atoms with Crippen molar-refractivity contribution in [3.63, 3.8) is 0 Å². The fraction of sp³-hybridized carbons (Fsp3) is 0.0870. The highest BCUT2D eigenvalue weighted by Gasteiger charge is 2.14. The van der Waals surface area contributed by atoms with Gasteiger partial charge in [-0.05, 0) is 55.8 Å². The van der Waals surface area contributed by atoms with Crippen LogP contribution >= 0.6 is 0 Å². The quantitative estimate of drug-likeness (QED) is 0.525. The molecule has 0 atom stereocenters. The summed E-state index contributed by atoms with van der Waals surface area (Å²) in [5.41, 5.74) is 6.50. The van der Waals surface area contributed by atoms with E-state index in [1.165, 1.54) is 0 Å². The first-order valence-electron chi connectivity index (χ1n) is 8.87. The van der Waals surface area contributed by atoms with E-state index in [0.717, 1.165) is 33.7 Å². The van der Waals surface area contributed by atoms with Gasteiger partial charge in [-0.2, -0.15) is 10.5 Å². The Kier molecular flexibility index (Phi) is 4.27. The molecule has 2 aromatic heterocycles. The van der Waals surface area contributed by atoms with Crippen molar-refractivity contribution in [3.8, 4) is 17.8 Å². The van der Waals surface area contributed by atoms with Crippen molar-refractivity contribution in [1.29, 1.82) is 10.5 Å². The van der Waals surface area contributed by atoms with Crippen molar-refractivity contribution >= 4 is 22.7 Å². The van der Waals surface area contributed by atoms with E-state index < -0.39 is 0 Å². The molecule has 2 aromatic carbocycles. The van der Waals surface area contributed by atoms with Crippen LogP contribution in [0.25, 0.3) is 28.4 Å². The Morgan fingerprint density at radius 1 is 1.07 bits per heavy atom. The summed E-state index contributed by atoms with van der Waals surface area (Å²) in [6.45, 7) is 3.98. The zero-order valence-corrected chi connectivity index (χ0v) is 15.6. The molecule has 0 aliphatic rings. The SMILES string of the molecule is Cc1cc(C=C(C#N)c2nc3ccccc3[nH]2)c(C)n1-c1ccccc1C#N. The standard InChI is InChI=1S/C23H17N5/c1-15-11-18(16(2)28(15)22-10-6-3-7-17(22)13-24)12-19(14-25)23-26-20-8-4-5-9-21(20)27-23/h3-12H,1-2H3,(H,26,27). The van der Waals surface area contributed by atoms with E-state index in [9.17, 15) is 10.5 Å². The van der Waals surface area contributed by atoms with E-state index in [2.05, 4.69) is 22.1 Å². The Hall–Kier alpha value is -4.09. The predicted molar refractivity (Wildman–Crippen MR) is 110 cm³/mol. The third-order valence-corrected chi connectivity index (χ3v) is 4.80. The summed E-state index contributed by atoms with van der Waals surface area (Å²) in [6.07, 6.45) is 1.84. The molecule has 0 unspecified atom stereocenters. The molecule has 0 aliphatic carbocycles. The summed E-state index contributed by atoms with van der Waals surface area (Å²) in [5, 5.41) is 19.1. The van der Waals surface area contributed by atoms with Gasteiger partial charge in [0.2, 0.25) is 0 Å². The number of hydrogen-bond donors (Lipinski definition) is 1. The molecule has 0 amide bonds. The second-order valence-electron chi connectivity index (χ2n) is 6.56. The van der Waals surface area contributed by atoms with Crippen LogP contribution in [0.1, 0.15) is 28.3 Å². The van der Waals surface area contributed by atoms with Crippen molar-refractivity contribution in [1.82, 2.24) is 14.5 Å². The molecule has 0 radical (unpaired) electrons. The highest BCUT2D eigenvalue weighted by atomic mass is 15.0. The lowest BCUT2D eigenvalue weighted by Crippen LogP contribution is -2.01. The third-order valence-electron chi connectivity index (χ3n) is 4.80. The number of allylic oxidation sites excluding steroid dienone is 1. The van der Waals surface area contributed by atoms with E-state index in [-0.39, 0.29) is 0 Å². The van der Waals surface area contributed by atoms with Crippen LogP contribution in [0.3, 0.4) is 0 Å². The topological polar surface area (TPSA) is 81.2 Å². The Bertz CT molecular complexity index is 1270. The van der Waals surface area contributed by atoms with Crippen LogP contribution in [-0.2, 0) is 0 Å². The van der Waals surface area contributed by atoms with Crippen LogP contribution in [0.4, 0.5) is 0 Å². The summed E-state index contributed by atoms with van der Waals surface area (Å²) in [4.78, 5) is 7.73. The minimum absolute atomic E-state index is 0.463. The molecule has 28 heavy (non-hydrogen) atoms. The maximum absolute atomic E-state index is 9.70. The minimum atomic E-state index is 0.463. The van der Waals surface area contributed by atoms with E-state index in [1.807, 2.05) is 73.0 Å². The highest BCUT2D eigenvalue weighted by molar-refractivity contribution is 5.90. The maximum atomic E-state index is 9.70. The molecule has 5 heteroatoms. The molecule has 0 saturated carbocycles. The van der Waals surface area contributed by atoms with Crippen LogP contribution < -0.4 is 0 Å². The molecule has 2 heterocycles. The molecule has 0 aliphatic heterocycles. The number of rotatable bonds is 3. The Morgan fingerprint density at radius 2 is 1.82 bits per heavy atom. The van der Waals surface area contributed by atoms with Crippen LogP contribution in [0.15, 0.2) is 54.6 Å². The van der Waals surface area contributed by atoms with Crippen molar-refractivity contribution in [2.24, 2.45) is 0 Å². The minimum Gasteiger partial charge on any atom is -0.337 e. The van der Waals surface area contributed by atoms with Gasteiger partial charge in [-0.25, -0.2) is 4.98 Å². The number of benzene rings is 2. The van der Waals surface area contributed by atoms with Gasteiger partial charge in [0.05, 0.1) is 27.9 Å². The number of aromatic nitrogens is 3. The van der Waals surface area contributed by atoms with Crippen molar-refractivity contribution in [2.75, 3.05) is 0 Å². The Labute approximate surface area is 162 Å². The van der Waals surface area contributed by atoms with E-state index in [1.54, 1.807) is 6.07 Å². The van der Waals surface area contributed by atoms with Gasteiger partial charge >= 0.3 is 0 Å². The molecule has 4 rings (SSSR count). The second-order valence-corrected chi connectivity index (χ2v) is 6.56. The molecular formula is C23H17N5. The van der Waals surface area contributed by atoms with Gasteiger partial charge in [0, 0.05) is 11.4 Å². The van der Waals surface area contributed by atoms with Gasteiger partial charge in [-0.15, -0.1) is 0 Å². The molecule has 1 N–H and O–H groups in total. The smallest absolute Gasteiger partial charge is 0.149 e. The summed E-state index contributed by atoms with van der Waals surface area (Å²) in [5.74, 6) is 0.547. The fourth-order valence-corrected chi connectivity index (χ4v) is 3.46. The van der Waals surface area contributed by atoms with Gasteiger partial charge in [-0.3, -0.25) is 0 Å². The van der Waals surface area contributed by atoms with Crippen LogP contribution in [-0.4, -0.2) is 14.5 Å². The number of nitrogens with zero attached hydrogens (tertiary/aromatic N) is 4. The van der Waals surface area contributed by atoms with E-state index in [0.29, 0.717) is 17.0 Å². The number of aromatic amines is 1. The first-order chi connectivity index (χ1) is 13.6. The van der Waals surface area contributed by atoms with Gasteiger partial charge < -0.3 is 9.55 Å². The lowest BCUT2D eigenvalue weighted by Gasteiger charge is -2.11. The molecule has 134 valence electrons. The molecule has 0 fully saturated rings. The third kappa shape index (κ3) is 2.86. The first-order valence-corrected chi connectivity index (χ1v) is 8.87. The number of fused-ring (bicyclic) bond motifs is 1. The number of para-hydroxylation sites is 3. The van der Waals surface area contributed by atoms with Gasteiger partial charge in [0.25, 0.3) is 0 Å². The lowest BCUT2D eigenvalue weighted by atomic mass is 10.1. The number of nitriles is 2.